The van der Waals surface area contributed by atoms with E-state index in [-0.39, 0.29) is 12.2 Å². The van der Waals surface area contributed by atoms with E-state index in [9.17, 15) is 13.6 Å². The van der Waals surface area contributed by atoms with Gasteiger partial charge in [-0.25, -0.2) is 13.6 Å². The highest BCUT2D eigenvalue weighted by Crippen LogP contribution is 2.22. The maximum absolute atomic E-state index is 13.7. The Morgan fingerprint density at radius 3 is 2.76 bits per heavy atom. The molecule has 0 heterocycles. The summed E-state index contributed by atoms with van der Waals surface area (Å²) in [5.41, 5.74) is 6.50. The highest BCUT2D eigenvalue weighted by Gasteiger charge is 2.28. The van der Waals surface area contributed by atoms with E-state index < -0.39 is 24.0 Å². The van der Waals surface area contributed by atoms with Crippen molar-refractivity contribution in [2.24, 2.45) is 5.73 Å². The number of hydrogen-bond donors (Lipinski definition) is 1. The summed E-state index contributed by atoms with van der Waals surface area (Å²) in [5, 5.41) is 0. The molecular formula is C12H15F2NO2. The smallest absolute Gasteiger partial charge is 0.342 e. The fourth-order valence-electron chi connectivity index (χ4n) is 1.50. The first-order valence-corrected chi connectivity index (χ1v) is 5.29. The van der Waals surface area contributed by atoms with Crippen LogP contribution in [-0.4, -0.2) is 18.7 Å². The van der Waals surface area contributed by atoms with Gasteiger partial charge >= 0.3 is 5.97 Å². The topological polar surface area (TPSA) is 52.3 Å². The quantitative estimate of drug-likeness (QED) is 0.823. The minimum absolute atomic E-state index is 0.0775. The number of esters is 1. The predicted octanol–water partition coefficient (Wildman–Crippen LogP) is 2.04. The van der Waals surface area contributed by atoms with Gasteiger partial charge in [-0.1, -0.05) is 6.07 Å². The molecule has 2 N–H and O–H groups in total. The molecule has 5 heteroatoms. The number of alkyl halides is 1. The van der Waals surface area contributed by atoms with Crippen molar-refractivity contribution in [1.29, 1.82) is 0 Å². The van der Waals surface area contributed by atoms with Crippen molar-refractivity contribution in [3.05, 3.63) is 35.1 Å². The summed E-state index contributed by atoms with van der Waals surface area (Å²) in [6.07, 6.45) is -1.99. The van der Waals surface area contributed by atoms with Crippen LogP contribution >= 0.6 is 0 Å². The highest BCUT2D eigenvalue weighted by molar-refractivity contribution is 5.75. The van der Waals surface area contributed by atoms with Crippen LogP contribution in [0.2, 0.25) is 0 Å². The Kier molecular flexibility index (Phi) is 4.57. The van der Waals surface area contributed by atoms with Crippen LogP contribution in [0.1, 0.15) is 24.1 Å². The summed E-state index contributed by atoms with van der Waals surface area (Å²) in [6, 6.07) is 2.65. The minimum atomic E-state index is -1.99. The second-order valence-electron chi connectivity index (χ2n) is 3.68. The average Bonchev–Trinajstić information content (AvgIpc) is 2.30. The first kappa shape index (κ1) is 13.6. The molecule has 1 aromatic rings. The molecule has 3 nitrogen and oxygen atoms in total. The number of halogens is 2. The van der Waals surface area contributed by atoms with Gasteiger partial charge in [0.2, 0.25) is 6.17 Å². The molecule has 1 unspecified atom stereocenters. The van der Waals surface area contributed by atoms with Gasteiger partial charge in [0.15, 0.2) is 0 Å². The zero-order valence-electron chi connectivity index (χ0n) is 9.74. The van der Waals surface area contributed by atoms with Gasteiger partial charge in [0.05, 0.1) is 12.6 Å². The van der Waals surface area contributed by atoms with Gasteiger partial charge in [0.25, 0.3) is 0 Å². The van der Waals surface area contributed by atoms with Gasteiger partial charge < -0.3 is 10.5 Å². The van der Waals surface area contributed by atoms with E-state index >= 15 is 0 Å². The molecule has 0 spiro atoms. The third-order valence-electron chi connectivity index (χ3n) is 2.43. The van der Waals surface area contributed by atoms with Crippen LogP contribution in [0.4, 0.5) is 8.78 Å². The largest absolute Gasteiger partial charge is 0.464 e. The molecule has 0 fully saturated rings. The van der Waals surface area contributed by atoms with E-state index in [0.29, 0.717) is 5.56 Å². The molecule has 0 aliphatic rings. The molecular weight excluding hydrogens is 228 g/mol. The summed E-state index contributed by atoms with van der Waals surface area (Å²) < 4.78 is 31.2. The Hall–Kier alpha value is -1.49. The maximum atomic E-state index is 13.7. The van der Waals surface area contributed by atoms with E-state index in [0.717, 1.165) is 6.07 Å². The van der Waals surface area contributed by atoms with Crippen molar-refractivity contribution in [3.8, 4) is 0 Å². The van der Waals surface area contributed by atoms with Gasteiger partial charge in [-0.3, -0.25) is 0 Å². The van der Waals surface area contributed by atoms with Gasteiger partial charge in [-0.2, -0.15) is 0 Å². The Morgan fingerprint density at radius 2 is 2.18 bits per heavy atom. The first-order valence-electron chi connectivity index (χ1n) is 5.29. The van der Waals surface area contributed by atoms with E-state index in [1.807, 2.05) is 0 Å². The third-order valence-corrected chi connectivity index (χ3v) is 2.43. The van der Waals surface area contributed by atoms with Crippen LogP contribution in [0.3, 0.4) is 0 Å². The van der Waals surface area contributed by atoms with Gasteiger partial charge in [0.1, 0.15) is 5.82 Å². The lowest BCUT2D eigenvalue weighted by atomic mass is 9.98. The maximum Gasteiger partial charge on any atom is 0.342 e. The number of carbonyl (C=O) groups excluding carboxylic acids is 1. The molecule has 0 aliphatic carbocycles. The number of benzene rings is 1. The zero-order chi connectivity index (χ0) is 13.0. The molecule has 1 aromatic carbocycles. The zero-order valence-corrected chi connectivity index (χ0v) is 9.74. The summed E-state index contributed by atoms with van der Waals surface area (Å²) >= 11 is 0. The fraction of sp³-hybridized carbons (Fsp3) is 0.417. The SMILES string of the molecule is CCOC(=O)C(F)[C@H](N)c1cc(F)ccc1C. The second kappa shape index (κ2) is 5.72. The molecule has 0 amide bonds. The Bertz CT molecular complexity index is 409. The second-order valence-corrected chi connectivity index (χ2v) is 3.68. The van der Waals surface area contributed by atoms with Gasteiger partial charge in [-0.05, 0) is 37.1 Å². The summed E-state index contributed by atoms with van der Waals surface area (Å²) in [6.45, 7) is 3.32. The van der Waals surface area contributed by atoms with E-state index in [1.54, 1.807) is 13.8 Å². The molecule has 0 saturated heterocycles. The fourth-order valence-corrected chi connectivity index (χ4v) is 1.50. The van der Waals surface area contributed by atoms with Gasteiger partial charge in [0, 0.05) is 0 Å². The molecule has 94 valence electrons. The van der Waals surface area contributed by atoms with Crippen LogP contribution < -0.4 is 5.73 Å². The monoisotopic (exact) mass is 243 g/mol. The number of hydrogen-bond acceptors (Lipinski definition) is 3. The molecule has 0 radical (unpaired) electrons. The number of aryl methyl sites for hydroxylation is 1. The average molecular weight is 243 g/mol. The minimum Gasteiger partial charge on any atom is -0.464 e. The van der Waals surface area contributed by atoms with Crippen molar-refractivity contribution in [2.45, 2.75) is 26.1 Å². The van der Waals surface area contributed by atoms with Crippen molar-refractivity contribution < 1.29 is 18.3 Å². The Balaban J connectivity index is 2.91. The third kappa shape index (κ3) is 3.23. The van der Waals surface area contributed by atoms with Crippen molar-refractivity contribution in [2.75, 3.05) is 6.61 Å². The van der Waals surface area contributed by atoms with Crippen molar-refractivity contribution in [1.82, 2.24) is 0 Å². The molecule has 2 atom stereocenters. The predicted molar refractivity (Wildman–Crippen MR) is 59.6 cm³/mol. The first-order chi connectivity index (χ1) is 7.97. The molecule has 0 bridgehead atoms. The molecule has 0 saturated carbocycles. The summed E-state index contributed by atoms with van der Waals surface area (Å²) in [5.74, 6) is -1.54. The number of ether oxygens (including phenoxy) is 1. The highest BCUT2D eigenvalue weighted by atomic mass is 19.1. The number of carbonyl (C=O) groups is 1. The Labute approximate surface area is 98.6 Å². The van der Waals surface area contributed by atoms with Crippen molar-refractivity contribution in [3.63, 3.8) is 0 Å². The van der Waals surface area contributed by atoms with Crippen LogP contribution in [0.15, 0.2) is 18.2 Å². The molecule has 0 aliphatic heterocycles. The van der Waals surface area contributed by atoms with E-state index in [1.165, 1.54) is 12.1 Å². The molecule has 0 aromatic heterocycles. The lowest BCUT2D eigenvalue weighted by molar-refractivity contribution is -0.149. The van der Waals surface area contributed by atoms with Gasteiger partial charge in [-0.15, -0.1) is 0 Å². The normalized spacial score (nSPS) is 14.2. The lowest BCUT2D eigenvalue weighted by Gasteiger charge is -2.17. The van der Waals surface area contributed by atoms with Crippen LogP contribution in [0.5, 0.6) is 0 Å². The van der Waals surface area contributed by atoms with Crippen LogP contribution in [-0.2, 0) is 9.53 Å². The number of rotatable bonds is 4. The summed E-state index contributed by atoms with van der Waals surface area (Å²) in [7, 11) is 0. The van der Waals surface area contributed by atoms with E-state index in [4.69, 9.17) is 5.73 Å². The summed E-state index contributed by atoms with van der Waals surface area (Å²) in [4.78, 5) is 11.2. The van der Waals surface area contributed by atoms with Crippen LogP contribution in [0.25, 0.3) is 0 Å². The molecule has 17 heavy (non-hydrogen) atoms. The van der Waals surface area contributed by atoms with Crippen molar-refractivity contribution >= 4 is 5.97 Å². The van der Waals surface area contributed by atoms with E-state index in [2.05, 4.69) is 4.74 Å². The number of nitrogens with two attached hydrogens (primary N) is 1. The molecule has 1 rings (SSSR count). The van der Waals surface area contributed by atoms with Crippen LogP contribution in [0, 0.1) is 12.7 Å². The lowest BCUT2D eigenvalue weighted by Crippen LogP contribution is -2.32. The standard InChI is InChI=1S/C12H15F2NO2/c1-3-17-12(16)10(14)11(15)9-6-8(13)5-4-7(9)2/h4-6,10-11H,3,15H2,1-2H3/t10?,11-/m1/s1. The Morgan fingerprint density at radius 1 is 1.53 bits per heavy atom.